The number of nitriles is 1. The van der Waals surface area contributed by atoms with Crippen molar-refractivity contribution in [3.8, 4) is 5.40 Å². The number of hydrogen-bond donors (Lipinski definition) is 0. The molecule has 4 aromatic rings. The van der Waals surface area contributed by atoms with Crippen LogP contribution in [0.25, 0.3) is 0 Å². The molecule has 0 saturated carbocycles. The summed E-state index contributed by atoms with van der Waals surface area (Å²) in [6.45, 7) is 0. The summed E-state index contributed by atoms with van der Waals surface area (Å²) in [5.74, 6) is 0. The minimum atomic E-state index is -2.08. The topological polar surface area (TPSA) is 23.8 Å². The molecule has 0 unspecified atom stereocenters. The van der Waals surface area contributed by atoms with Gasteiger partial charge in [0, 0.05) is 4.90 Å². The van der Waals surface area contributed by atoms with E-state index < -0.39 is 7.26 Å². The summed E-state index contributed by atoms with van der Waals surface area (Å²) in [5, 5.41) is 16.6. The molecule has 4 aromatic carbocycles. The van der Waals surface area contributed by atoms with Gasteiger partial charge in [-0.15, -0.1) is 0 Å². The molecule has 0 aromatic heterocycles. The Morgan fingerprint density at radius 2 is 0.964 bits per heavy atom. The van der Waals surface area contributed by atoms with Crippen molar-refractivity contribution in [3.05, 3.63) is 115 Å². The van der Waals surface area contributed by atoms with Crippen molar-refractivity contribution in [2.75, 3.05) is 0 Å². The van der Waals surface area contributed by atoms with E-state index in [4.69, 9.17) is 0 Å². The molecule has 0 bridgehead atoms. The highest BCUT2D eigenvalue weighted by Gasteiger charge is 2.47. The van der Waals surface area contributed by atoms with Gasteiger partial charge >= 0.3 is 0 Å². The van der Waals surface area contributed by atoms with Crippen LogP contribution in [0.2, 0.25) is 0 Å². The lowest BCUT2D eigenvalue weighted by Gasteiger charge is -2.27. The van der Waals surface area contributed by atoms with Gasteiger partial charge in [-0.2, -0.15) is 5.26 Å². The third-order valence-corrected chi connectivity index (χ3v) is 9.65. The van der Waals surface area contributed by atoms with Gasteiger partial charge in [-0.25, -0.2) is 0 Å². The fourth-order valence-corrected chi connectivity index (χ4v) is 8.47. The predicted molar refractivity (Wildman–Crippen MR) is 123 cm³/mol. The molecule has 0 heterocycles. The van der Waals surface area contributed by atoms with E-state index in [0.717, 1.165) is 4.90 Å². The standard InChI is InChI=1S/C25H19NPS/c26-20-28-25-18-10-17-24(19-25)27(21-11-4-1-5-12-21,22-13-6-2-7-14-22)23-15-8-3-9-16-23/h1-19H/q+1. The smallest absolute Gasteiger partial charge is 0.144 e. The van der Waals surface area contributed by atoms with Crippen LogP contribution >= 0.6 is 19.0 Å². The molecule has 0 aliphatic rings. The maximum atomic E-state index is 9.19. The predicted octanol–water partition coefficient (Wildman–Crippen LogP) is 4.88. The number of hydrogen-bond acceptors (Lipinski definition) is 2. The van der Waals surface area contributed by atoms with Crippen molar-refractivity contribution in [1.82, 2.24) is 0 Å². The van der Waals surface area contributed by atoms with E-state index >= 15 is 0 Å². The first kappa shape index (κ1) is 18.5. The molecule has 0 N–H and O–H groups in total. The third kappa shape index (κ3) is 3.36. The summed E-state index contributed by atoms with van der Waals surface area (Å²) < 4.78 is 0. The van der Waals surface area contributed by atoms with Gasteiger partial charge in [0.15, 0.2) is 0 Å². The quantitative estimate of drug-likeness (QED) is 0.273. The maximum Gasteiger partial charge on any atom is 0.144 e. The molecule has 28 heavy (non-hydrogen) atoms. The van der Waals surface area contributed by atoms with Gasteiger partial charge in [0.1, 0.15) is 33.9 Å². The lowest BCUT2D eigenvalue weighted by molar-refractivity contribution is 1.49. The summed E-state index contributed by atoms with van der Waals surface area (Å²) in [5.41, 5.74) is 0. The van der Waals surface area contributed by atoms with Gasteiger partial charge in [0.05, 0.1) is 0 Å². The van der Waals surface area contributed by atoms with E-state index in [2.05, 4.69) is 115 Å². The molecule has 0 aliphatic carbocycles. The molecule has 1 nitrogen and oxygen atoms in total. The molecule has 0 aliphatic heterocycles. The van der Waals surface area contributed by atoms with E-state index in [-0.39, 0.29) is 0 Å². The Labute approximate surface area is 171 Å². The monoisotopic (exact) mass is 396 g/mol. The normalized spacial score (nSPS) is 11.0. The number of thiocyanates is 1. The molecule has 134 valence electrons. The van der Waals surface area contributed by atoms with Crippen molar-refractivity contribution < 1.29 is 0 Å². The first-order valence-electron chi connectivity index (χ1n) is 9.08. The van der Waals surface area contributed by atoms with Gasteiger partial charge < -0.3 is 0 Å². The zero-order chi connectivity index (χ0) is 19.2. The Hall–Kier alpha value is -2.85. The molecule has 0 radical (unpaired) electrons. The summed E-state index contributed by atoms with van der Waals surface area (Å²) in [6.07, 6.45) is 0. The van der Waals surface area contributed by atoms with Crippen LogP contribution in [0.4, 0.5) is 0 Å². The number of rotatable bonds is 5. The second-order valence-corrected chi connectivity index (χ2v) is 10.6. The lowest BCUT2D eigenvalue weighted by Crippen LogP contribution is -2.38. The van der Waals surface area contributed by atoms with Crippen LogP contribution < -0.4 is 21.2 Å². The Kier molecular flexibility index (Phi) is 5.58. The molecule has 0 fully saturated rings. The highest BCUT2D eigenvalue weighted by molar-refractivity contribution is 8.04. The summed E-state index contributed by atoms with van der Waals surface area (Å²) in [4.78, 5) is 0.979. The van der Waals surface area contributed by atoms with E-state index in [0.29, 0.717) is 0 Å². The van der Waals surface area contributed by atoms with E-state index in [1.165, 1.54) is 33.0 Å². The maximum absolute atomic E-state index is 9.19. The first-order chi connectivity index (χ1) is 13.9. The first-order valence-corrected chi connectivity index (χ1v) is 11.7. The SMILES string of the molecule is N#CSc1cccc([P+](c2ccccc2)(c2ccccc2)c2ccccc2)c1. The Morgan fingerprint density at radius 3 is 1.39 bits per heavy atom. The van der Waals surface area contributed by atoms with Crippen molar-refractivity contribution in [1.29, 1.82) is 5.26 Å². The van der Waals surface area contributed by atoms with Crippen LogP contribution in [0.3, 0.4) is 0 Å². The van der Waals surface area contributed by atoms with Crippen molar-refractivity contribution in [3.63, 3.8) is 0 Å². The second kappa shape index (κ2) is 8.44. The third-order valence-electron chi connectivity index (χ3n) is 4.80. The van der Waals surface area contributed by atoms with Gasteiger partial charge in [-0.3, -0.25) is 0 Å². The van der Waals surface area contributed by atoms with Crippen LogP contribution in [0.15, 0.2) is 120 Å². The fourth-order valence-electron chi connectivity index (χ4n) is 3.66. The average molecular weight is 396 g/mol. The Balaban J connectivity index is 2.11. The minimum Gasteiger partial charge on any atom is -0.185 e. The molecule has 0 saturated heterocycles. The van der Waals surface area contributed by atoms with Crippen LogP contribution in [0, 0.1) is 10.7 Å². The Morgan fingerprint density at radius 1 is 0.536 bits per heavy atom. The van der Waals surface area contributed by atoms with E-state index in [1.807, 2.05) is 6.07 Å². The van der Waals surface area contributed by atoms with Crippen LogP contribution in [0.1, 0.15) is 0 Å². The lowest BCUT2D eigenvalue weighted by atomic mass is 10.3. The zero-order valence-corrected chi connectivity index (χ0v) is 17.0. The summed E-state index contributed by atoms with van der Waals surface area (Å²) in [6, 6.07) is 40.8. The largest absolute Gasteiger partial charge is 0.185 e. The van der Waals surface area contributed by atoms with Crippen molar-refractivity contribution in [2.24, 2.45) is 0 Å². The number of benzene rings is 4. The zero-order valence-electron chi connectivity index (χ0n) is 15.3. The number of nitrogens with zero attached hydrogens (tertiary/aromatic N) is 1. The van der Waals surface area contributed by atoms with Crippen molar-refractivity contribution in [2.45, 2.75) is 4.90 Å². The molecular weight excluding hydrogens is 377 g/mol. The molecule has 0 atom stereocenters. The highest BCUT2D eigenvalue weighted by atomic mass is 32.2. The van der Waals surface area contributed by atoms with Gasteiger partial charge in [0.2, 0.25) is 0 Å². The summed E-state index contributed by atoms with van der Waals surface area (Å²) in [7, 11) is -2.08. The molecular formula is C25H19NPS+. The summed E-state index contributed by atoms with van der Waals surface area (Å²) >= 11 is 1.21. The van der Waals surface area contributed by atoms with E-state index in [1.54, 1.807) is 0 Å². The number of thioether (sulfide) groups is 1. The highest BCUT2D eigenvalue weighted by Crippen LogP contribution is 2.54. The Bertz CT molecular complexity index is 993. The molecule has 0 amide bonds. The molecule has 3 heteroatoms. The molecule has 4 rings (SSSR count). The fraction of sp³-hybridized carbons (Fsp3) is 0. The van der Waals surface area contributed by atoms with Gasteiger partial charge in [-0.05, 0) is 66.4 Å². The average Bonchev–Trinajstić information content (AvgIpc) is 2.77. The van der Waals surface area contributed by atoms with Crippen LogP contribution in [0.5, 0.6) is 0 Å². The second-order valence-electron chi connectivity index (χ2n) is 6.37. The minimum absolute atomic E-state index is 0.979. The van der Waals surface area contributed by atoms with Gasteiger partial charge in [0.25, 0.3) is 0 Å². The van der Waals surface area contributed by atoms with Crippen molar-refractivity contribution >= 4 is 40.2 Å². The van der Waals surface area contributed by atoms with E-state index in [9.17, 15) is 5.26 Å². The van der Waals surface area contributed by atoms with Gasteiger partial charge in [-0.1, -0.05) is 60.7 Å². The molecule has 0 spiro atoms. The van der Waals surface area contributed by atoms with Crippen LogP contribution in [-0.2, 0) is 0 Å². The van der Waals surface area contributed by atoms with Crippen LogP contribution in [-0.4, -0.2) is 0 Å².